The van der Waals surface area contributed by atoms with E-state index >= 15 is 0 Å². The number of hydrogen-bond acceptors (Lipinski definition) is 7. The number of carboxylic acid groups (broad SMARTS) is 1. The average molecular weight is 598 g/mol. The van der Waals surface area contributed by atoms with Gasteiger partial charge in [-0.05, 0) is 60.3 Å². The lowest BCUT2D eigenvalue weighted by molar-refractivity contribution is -0.131. The zero-order valence-electron chi connectivity index (χ0n) is 19.2. The molecule has 0 amide bonds. The molecule has 0 spiro atoms. The number of rotatable bonds is 9. The van der Waals surface area contributed by atoms with Crippen LogP contribution in [0.5, 0.6) is 11.5 Å². The van der Waals surface area contributed by atoms with Crippen molar-refractivity contribution >= 4 is 51.3 Å². The number of ether oxygens (including phenoxy) is 2. The van der Waals surface area contributed by atoms with Crippen LogP contribution in [0.2, 0.25) is 5.02 Å². The monoisotopic (exact) mass is 596 g/mol. The molecule has 0 bridgehead atoms. The molecule has 8 nitrogen and oxygen atoms in total. The zero-order chi connectivity index (χ0) is 26.4. The van der Waals surface area contributed by atoms with Gasteiger partial charge in [0.05, 0.1) is 24.3 Å². The van der Waals surface area contributed by atoms with Crippen molar-refractivity contribution in [2.24, 2.45) is 0 Å². The number of nitrogens with one attached hydrogen (secondary N) is 1. The molecule has 0 aliphatic carbocycles. The Hall–Kier alpha value is -3.78. The summed E-state index contributed by atoms with van der Waals surface area (Å²) >= 11 is 10.4. The number of halogens is 2. The number of H-pyrrole nitrogens is 1. The molecule has 0 unspecified atom stereocenters. The van der Waals surface area contributed by atoms with Gasteiger partial charge >= 0.3 is 5.97 Å². The maximum atomic E-state index is 12.1. The van der Waals surface area contributed by atoms with E-state index < -0.39 is 5.97 Å². The van der Waals surface area contributed by atoms with E-state index in [1.165, 1.54) is 13.2 Å². The fourth-order valence-electron chi connectivity index (χ4n) is 3.33. The summed E-state index contributed by atoms with van der Waals surface area (Å²) in [7, 11) is 1.53. The van der Waals surface area contributed by atoms with Gasteiger partial charge in [-0.15, -0.1) is 5.10 Å². The van der Waals surface area contributed by atoms with E-state index in [0.29, 0.717) is 39.0 Å². The summed E-state index contributed by atoms with van der Waals surface area (Å²) < 4.78 is 12.1. The quantitative estimate of drug-likeness (QED) is 0.164. The fraction of sp³-hybridized carbons (Fsp3) is 0.0769. The van der Waals surface area contributed by atoms with Crippen LogP contribution in [0, 0.1) is 11.3 Å². The minimum absolute atomic E-state index is 0.0241. The van der Waals surface area contributed by atoms with Crippen LogP contribution in [0.3, 0.4) is 0 Å². The van der Waals surface area contributed by atoms with E-state index in [-0.39, 0.29) is 16.7 Å². The van der Waals surface area contributed by atoms with E-state index in [4.69, 9.17) is 21.1 Å². The first kappa shape index (κ1) is 26.3. The molecule has 186 valence electrons. The van der Waals surface area contributed by atoms with Crippen molar-refractivity contribution < 1.29 is 19.4 Å². The van der Waals surface area contributed by atoms with E-state index in [2.05, 4.69) is 37.2 Å². The highest BCUT2D eigenvalue weighted by atomic mass is 79.9. The predicted octanol–water partition coefficient (Wildman–Crippen LogP) is 6.56. The Morgan fingerprint density at radius 1 is 1.22 bits per heavy atom. The third kappa shape index (κ3) is 6.51. The number of aromatic nitrogens is 3. The standard InChI is InChI=1S/C26H18BrClN4O4S/c1-35-22-9-7-19(28)12-20(22)24-30-26(32-31-24)37-23(25(33)34)11-17-10-18(27)6-8-21(17)36-14-16-5-3-2-4-15(16)13-29/h2-12H,14H2,1H3,(H,33,34)(H,30,31,32)/b23-11-. The first-order chi connectivity index (χ1) is 17.9. The molecular formula is C26H18BrClN4O4S. The van der Waals surface area contributed by atoms with Crippen LogP contribution >= 0.6 is 39.3 Å². The second-order valence-electron chi connectivity index (χ2n) is 7.47. The lowest BCUT2D eigenvalue weighted by Crippen LogP contribution is -2.01. The molecule has 2 N–H and O–H groups in total. The van der Waals surface area contributed by atoms with Crippen molar-refractivity contribution in [2.45, 2.75) is 11.8 Å². The number of aromatic amines is 1. The summed E-state index contributed by atoms with van der Waals surface area (Å²) in [6, 6.07) is 19.6. The molecule has 0 saturated carbocycles. The van der Waals surface area contributed by atoms with E-state index in [1.807, 2.05) is 6.07 Å². The molecule has 3 aromatic carbocycles. The van der Waals surface area contributed by atoms with Gasteiger partial charge in [0, 0.05) is 20.6 Å². The Kier molecular flexibility index (Phi) is 8.50. The highest BCUT2D eigenvalue weighted by molar-refractivity contribution is 9.10. The molecular weight excluding hydrogens is 580 g/mol. The van der Waals surface area contributed by atoms with Crippen molar-refractivity contribution in [2.75, 3.05) is 7.11 Å². The number of aliphatic carboxylic acids is 1. The number of carboxylic acids is 1. The number of carbonyl (C=O) groups is 1. The SMILES string of the molecule is COc1ccc(Cl)cc1-c1nc(S/C(=C\c2cc(Br)ccc2OCc2ccccc2C#N)C(=O)O)n[nH]1. The molecule has 11 heteroatoms. The largest absolute Gasteiger partial charge is 0.496 e. The Balaban J connectivity index is 1.61. The lowest BCUT2D eigenvalue weighted by atomic mass is 10.1. The van der Waals surface area contributed by atoms with Gasteiger partial charge in [-0.25, -0.2) is 9.78 Å². The van der Waals surface area contributed by atoms with Crippen LogP contribution in [0.25, 0.3) is 17.5 Å². The third-order valence-electron chi connectivity index (χ3n) is 5.07. The van der Waals surface area contributed by atoms with Crippen molar-refractivity contribution in [3.05, 3.63) is 91.8 Å². The third-order valence-corrected chi connectivity index (χ3v) is 6.68. The molecule has 0 radical (unpaired) electrons. The van der Waals surface area contributed by atoms with Gasteiger partial charge in [0.15, 0.2) is 5.82 Å². The Morgan fingerprint density at radius 3 is 2.76 bits per heavy atom. The molecule has 1 heterocycles. The van der Waals surface area contributed by atoms with Crippen LogP contribution in [-0.4, -0.2) is 33.4 Å². The molecule has 0 atom stereocenters. The molecule has 4 aromatic rings. The molecule has 0 aliphatic heterocycles. The van der Waals surface area contributed by atoms with Gasteiger partial charge in [-0.3, -0.25) is 5.10 Å². The maximum absolute atomic E-state index is 12.1. The second kappa shape index (κ2) is 12.0. The normalized spacial score (nSPS) is 11.1. The van der Waals surface area contributed by atoms with E-state index in [1.54, 1.807) is 54.6 Å². The summed E-state index contributed by atoms with van der Waals surface area (Å²) in [4.78, 5) is 16.5. The Labute approximate surface area is 230 Å². The number of thioether (sulfide) groups is 1. The van der Waals surface area contributed by atoms with Crippen molar-refractivity contribution in [1.29, 1.82) is 5.26 Å². The zero-order valence-corrected chi connectivity index (χ0v) is 22.4. The minimum atomic E-state index is -1.16. The van der Waals surface area contributed by atoms with Gasteiger partial charge in [0.2, 0.25) is 5.16 Å². The lowest BCUT2D eigenvalue weighted by Gasteiger charge is -2.11. The summed E-state index contributed by atoms with van der Waals surface area (Å²) in [6.07, 6.45) is 1.49. The summed E-state index contributed by atoms with van der Waals surface area (Å²) in [5.41, 5.74) is 2.35. The molecule has 0 aliphatic rings. The van der Waals surface area contributed by atoms with Gasteiger partial charge in [0.1, 0.15) is 23.0 Å². The van der Waals surface area contributed by atoms with Crippen LogP contribution in [0.4, 0.5) is 0 Å². The summed E-state index contributed by atoms with van der Waals surface area (Å²) in [5, 5.41) is 26.9. The average Bonchev–Trinajstić information content (AvgIpc) is 3.36. The number of benzene rings is 3. The predicted molar refractivity (Wildman–Crippen MR) is 144 cm³/mol. The highest BCUT2D eigenvalue weighted by Crippen LogP contribution is 2.34. The smallest absolute Gasteiger partial charge is 0.342 e. The van der Waals surface area contributed by atoms with Gasteiger partial charge in [0.25, 0.3) is 0 Å². The number of hydrogen-bond donors (Lipinski definition) is 2. The summed E-state index contributed by atoms with van der Waals surface area (Å²) in [5.74, 6) is 0.223. The number of nitrogens with zero attached hydrogens (tertiary/aromatic N) is 3. The van der Waals surface area contributed by atoms with Crippen molar-refractivity contribution in [1.82, 2.24) is 15.2 Å². The van der Waals surface area contributed by atoms with Crippen LogP contribution < -0.4 is 9.47 Å². The van der Waals surface area contributed by atoms with E-state index in [0.717, 1.165) is 21.8 Å². The molecule has 1 aromatic heterocycles. The second-order valence-corrected chi connectivity index (χ2v) is 9.83. The summed E-state index contributed by atoms with van der Waals surface area (Å²) in [6.45, 7) is 0.146. The maximum Gasteiger partial charge on any atom is 0.342 e. The molecule has 4 rings (SSSR count). The van der Waals surface area contributed by atoms with Gasteiger partial charge in [-0.2, -0.15) is 5.26 Å². The first-order valence-electron chi connectivity index (χ1n) is 10.7. The minimum Gasteiger partial charge on any atom is -0.496 e. The van der Waals surface area contributed by atoms with Gasteiger partial charge < -0.3 is 14.6 Å². The fourth-order valence-corrected chi connectivity index (χ4v) is 4.58. The van der Waals surface area contributed by atoms with Crippen LogP contribution in [-0.2, 0) is 11.4 Å². The first-order valence-corrected chi connectivity index (χ1v) is 12.7. The molecule has 37 heavy (non-hydrogen) atoms. The Morgan fingerprint density at radius 2 is 2.00 bits per heavy atom. The van der Waals surface area contributed by atoms with Crippen molar-refractivity contribution in [3.63, 3.8) is 0 Å². The number of nitriles is 1. The molecule has 0 fully saturated rings. The van der Waals surface area contributed by atoms with Crippen LogP contribution in [0.1, 0.15) is 16.7 Å². The van der Waals surface area contributed by atoms with Crippen LogP contribution in [0.15, 0.2) is 75.2 Å². The van der Waals surface area contributed by atoms with Gasteiger partial charge in [-0.1, -0.05) is 45.7 Å². The van der Waals surface area contributed by atoms with E-state index in [9.17, 15) is 15.2 Å². The van der Waals surface area contributed by atoms with Crippen molar-refractivity contribution in [3.8, 4) is 29.0 Å². The number of methoxy groups -OCH3 is 1. The highest BCUT2D eigenvalue weighted by Gasteiger charge is 2.18. The topological polar surface area (TPSA) is 121 Å². The Bertz CT molecular complexity index is 1530. The molecule has 0 saturated heterocycles.